The highest BCUT2D eigenvalue weighted by atomic mass is 79.9. The Morgan fingerprint density at radius 1 is 1.15 bits per heavy atom. The van der Waals surface area contributed by atoms with Crippen LogP contribution < -0.4 is 10.6 Å². The van der Waals surface area contributed by atoms with E-state index >= 15 is 0 Å². The van der Waals surface area contributed by atoms with Crippen molar-refractivity contribution in [2.45, 2.75) is 26.3 Å². The minimum Gasteiger partial charge on any atom is -0.354 e. The molecule has 27 heavy (non-hydrogen) atoms. The van der Waals surface area contributed by atoms with Crippen molar-refractivity contribution in [2.75, 3.05) is 25.5 Å². The van der Waals surface area contributed by atoms with Gasteiger partial charge in [-0.05, 0) is 43.8 Å². The molecule has 6 heteroatoms. The summed E-state index contributed by atoms with van der Waals surface area (Å²) in [5.41, 5.74) is 2.70. The Morgan fingerprint density at radius 3 is 2.52 bits per heavy atom. The number of amides is 2. The maximum Gasteiger partial charge on any atom is 0.241 e. The first-order valence-electron chi connectivity index (χ1n) is 9.01. The zero-order valence-electron chi connectivity index (χ0n) is 16.0. The van der Waals surface area contributed by atoms with Gasteiger partial charge in [0.15, 0.2) is 0 Å². The molecule has 2 rings (SSSR count). The van der Waals surface area contributed by atoms with E-state index in [0.29, 0.717) is 6.54 Å². The van der Waals surface area contributed by atoms with Gasteiger partial charge >= 0.3 is 0 Å². The maximum absolute atomic E-state index is 12.7. The van der Waals surface area contributed by atoms with Crippen LogP contribution in [0.2, 0.25) is 0 Å². The van der Waals surface area contributed by atoms with E-state index in [1.54, 1.807) is 0 Å². The first-order valence-corrected chi connectivity index (χ1v) is 9.80. The lowest BCUT2D eigenvalue weighted by molar-refractivity contribution is -0.126. The number of likely N-dealkylation sites (N-methyl/N-ethyl adjacent to an activating group) is 1. The number of nitrogens with zero attached hydrogens (tertiary/aromatic N) is 1. The van der Waals surface area contributed by atoms with E-state index in [1.165, 1.54) is 0 Å². The van der Waals surface area contributed by atoms with E-state index in [9.17, 15) is 9.59 Å². The fourth-order valence-electron chi connectivity index (χ4n) is 2.76. The molecule has 2 aromatic rings. The summed E-state index contributed by atoms with van der Waals surface area (Å²) in [5, 5.41) is 5.78. The van der Waals surface area contributed by atoms with Gasteiger partial charge in [0.1, 0.15) is 6.04 Å². The molecule has 0 heterocycles. The quantitative estimate of drug-likeness (QED) is 0.666. The molecule has 144 valence electrons. The Bertz CT molecular complexity index is 780. The van der Waals surface area contributed by atoms with E-state index in [0.717, 1.165) is 27.8 Å². The van der Waals surface area contributed by atoms with Gasteiger partial charge in [-0.1, -0.05) is 59.3 Å². The fourth-order valence-corrected chi connectivity index (χ4v) is 3.12. The second kappa shape index (κ2) is 10.2. The molecule has 0 saturated heterocycles. The zero-order valence-corrected chi connectivity index (χ0v) is 17.5. The molecule has 0 fully saturated rings. The minimum atomic E-state index is -0.369. The highest BCUT2D eigenvalue weighted by molar-refractivity contribution is 9.10. The first-order chi connectivity index (χ1) is 12.9. The number of rotatable bonds is 8. The second-order valence-corrected chi connectivity index (χ2v) is 7.35. The normalized spacial score (nSPS) is 11.9. The van der Waals surface area contributed by atoms with Gasteiger partial charge in [-0.15, -0.1) is 0 Å². The molecular weight excluding hydrogens is 406 g/mol. The summed E-state index contributed by atoms with van der Waals surface area (Å²) in [6.07, 6.45) is 0.217. The van der Waals surface area contributed by atoms with Crippen LogP contribution in [0.15, 0.2) is 53.0 Å². The lowest BCUT2D eigenvalue weighted by Crippen LogP contribution is -2.39. The van der Waals surface area contributed by atoms with E-state index in [-0.39, 0.29) is 24.3 Å². The largest absolute Gasteiger partial charge is 0.354 e. The van der Waals surface area contributed by atoms with Crippen molar-refractivity contribution in [2.24, 2.45) is 0 Å². The lowest BCUT2D eigenvalue weighted by Gasteiger charge is -2.26. The summed E-state index contributed by atoms with van der Waals surface area (Å²) < 4.78 is 0.907. The molecule has 0 saturated carbocycles. The molecule has 1 atom stereocenters. The minimum absolute atomic E-state index is 0.100. The number of benzene rings is 2. The van der Waals surface area contributed by atoms with Crippen LogP contribution >= 0.6 is 15.9 Å². The van der Waals surface area contributed by atoms with Crippen LogP contribution in [0.25, 0.3) is 0 Å². The van der Waals surface area contributed by atoms with Gasteiger partial charge in [-0.3, -0.25) is 14.5 Å². The van der Waals surface area contributed by atoms with Crippen molar-refractivity contribution in [3.05, 3.63) is 64.1 Å². The Kier molecular flexibility index (Phi) is 8.00. The smallest absolute Gasteiger partial charge is 0.241 e. The standard InChI is InChI=1S/C21H26BrN3O2/c1-4-25(3)20(16-8-6-5-7-9-16)21(27)23-13-12-19(26)24-18-14-17(22)11-10-15(18)2/h5-11,14,20H,4,12-13H2,1-3H3,(H,23,27)(H,24,26). The predicted molar refractivity (Wildman–Crippen MR) is 113 cm³/mol. The molecule has 5 nitrogen and oxygen atoms in total. The third-order valence-electron chi connectivity index (χ3n) is 4.43. The number of nitrogens with one attached hydrogen (secondary N) is 2. The molecule has 0 aromatic heterocycles. The van der Waals surface area contributed by atoms with Gasteiger partial charge in [0.05, 0.1) is 0 Å². The van der Waals surface area contributed by atoms with Crippen molar-refractivity contribution < 1.29 is 9.59 Å². The Hall–Kier alpha value is -2.18. The predicted octanol–water partition coefficient (Wildman–Crippen LogP) is 3.90. The van der Waals surface area contributed by atoms with E-state index in [1.807, 2.05) is 74.3 Å². The van der Waals surface area contributed by atoms with Crippen LogP contribution in [0.4, 0.5) is 5.69 Å². The van der Waals surface area contributed by atoms with Crippen molar-refractivity contribution in [1.29, 1.82) is 0 Å². The zero-order chi connectivity index (χ0) is 19.8. The van der Waals surface area contributed by atoms with Crippen LogP contribution in [0.3, 0.4) is 0 Å². The Morgan fingerprint density at radius 2 is 1.85 bits per heavy atom. The van der Waals surface area contributed by atoms with Crippen LogP contribution in [0, 0.1) is 6.92 Å². The summed E-state index contributed by atoms with van der Waals surface area (Å²) in [5.74, 6) is -0.228. The third kappa shape index (κ3) is 6.19. The Balaban J connectivity index is 1.91. The fraction of sp³-hybridized carbons (Fsp3) is 0.333. The van der Waals surface area contributed by atoms with Crippen molar-refractivity contribution in [1.82, 2.24) is 10.2 Å². The average Bonchev–Trinajstić information content (AvgIpc) is 2.65. The molecule has 0 aliphatic rings. The molecule has 0 aliphatic heterocycles. The number of halogens is 1. The monoisotopic (exact) mass is 431 g/mol. The molecule has 0 radical (unpaired) electrons. The van der Waals surface area contributed by atoms with Crippen molar-refractivity contribution >= 4 is 33.4 Å². The molecule has 2 aromatic carbocycles. The van der Waals surface area contributed by atoms with Crippen molar-refractivity contribution in [3.63, 3.8) is 0 Å². The second-order valence-electron chi connectivity index (χ2n) is 6.43. The van der Waals surface area contributed by atoms with Gasteiger partial charge in [-0.25, -0.2) is 0 Å². The van der Waals surface area contributed by atoms with Gasteiger partial charge < -0.3 is 10.6 Å². The van der Waals surface area contributed by atoms with Gasteiger partial charge in [0.2, 0.25) is 11.8 Å². The number of hydrogen-bond donors (Lipinski definition) is 2. The first kappa shape index (κ1) is 21.1. The lowest BCUT2D eigenvalue weighted by atomic mass is 10.0. The van der Waals surface area contributed by atoms with Gasteiger partial charge in [0, 0.05) is 23.1 Å². The van der Waals surface area contributed by atoms with E-state index in [2.05, 4.69) is 26.6 Å². The molecule has 0 spiro atoms. The van der Waals surface area contributed by atoms with Crippen LogP contribution in [-0.4, -0.2) is 36.9 Å². The summed E-state index contributed by atoms with van der Waals surface area (Å²) in [7, 11) is 1.92. The van der Waals surface area contributed by atoms with Crippen molar-refractivity contribution in [3.8, 4) is 0 Å². The molecule has 0 bridgehead atoms. The highest BCUT2D eigenvalue weighted by Crippen LogP contribution is 2.21. The van der Waals surface area contributed by atoms with E-state index in [4.69, 9.17) is 0 Å². The van der Waals surface area contributed by atoms with E-state index < -0.39 is 0 Å². The maximum atomic E-state index is 12.7. The highest BCUT2D eigenvalue weighted by Gasteiger charge is 2.23. The summed E-state index contributed by atoms with van der Waals surface area (Å²) >= 11 is 3.40. The third-order valence-corrected chi connectivity index (χ3v) is 4.92. The molecule has 2 amide bonds. The summed E-state index contributed by atoms with van der Waals surface area (Å²) in [4.78, 5) is 26.9. The number of hydrogen-bond acceptors (Lipinski definition) is 3. The van der Waals surface area contributed by atoms with Crippen LogP contribution in [0.1, 0.15) is 30.5 Å². The molecule has 1 unspecified atom stereocenters. The number of carbonyl (C=O) groups is 2. The van der Waals surface area contributed by atoms with Gasteiger partial charge in [-0.2, -0.15) is 0 Å². The number of anilines is 1. The average molecular weight is 432 g/mol. The molecule has 2 N–H and O–H groups in total. The summed E-state index contributed by atoms with van der Waals surface area (Å²) in [6.45, 7) is 4.99. The SMILES string of the molecule is CCN(C)C(C(=O)NCCC(=O)Nc1cc(Br)ccc1C)c1ccccc1. The molecule has 0 aliphatic carbocycles. The molecular formula is C21H26BrN3O2. The topological polar surface area (TPSA) is 61.4 Å². The van der Waals surface area contributed by atoms with Gasteiger partial charge in [0.25, 0.3) is 0 Å². The number of carbonyl (C=O) groups excluding carboxylic acids is 2. The summed E-state index contributed by atoms with van der Waals surface area (Å²) in [6, 6.07) is 15.0. The van der Waals surface area contributed by atoms with Crippen LogP contribution in [0.5, 0.6) is 0 Å². The Labute approximate surface area is 169 Å². The number of aryl methyl sites for hydroxylation is 1. The van der Waals surface area contributed by atoms with Crippen LogP contribution in [-0.2, 0) is 9.59 Å².